The van der Waals surface area contributed by atoms with E-state index in [4.69, 9.17) is 0 Å². The molecule has 0 aliphatic heterocycles. The van der Waals surface area contributed by atoms with Crippen LogP contribution in [0.25, 0.3) is 43.1 Å². The van der Waals surface area contributed by atoms with Crippen molar-refractivity contribution in [1.82, 2.24) is 0 Å². The van der Waals surface area contributed by atoms with Crippen molar-refractivity contribution in [2.45, 2.75) is 58.8 Å². The molecule has 0 amide bonds. The van der Waals surface area contributed by atoms with Crippen LogP contribution in [0.3, 0.4) is 0 Å². The van der Waals surface area contributed by atoms with Gasteiger partial charge in [-0.1, -0.05) is 76.9 Å². The van der Waals surface area contributed by atoms with Crippen molar-refractivity contribution < 1.29 is 48.7 Å². The Morgan fingerprint density at radius 1 is 0.560 bits per heavy atom. The van der Waals surface area contributed by atoms with Gasteiger partial charge in [0.05, 0.1) is 0 Å². The van der Waals surface area contributed by atoms with Crippen LogP contribution >= 0.6 is 0 Å². The summed E-state index contributed by atoms with van der Waals surface area (Å²) in [6.07, 6.45) is 10.0. The molecule has 0 radical (unpaired) electrons. The molecule has 0 N–H and O–H groups in total. The molecule has 0 saturated heterocycles. The van der Waals surface area contributed by atoms with E-state index in [-0.39, 0.29) is 35.6 Å². The van der Waals surface area contributed by atoms with Gasteiger partial charge >= 0.3 is 145 Å². The summed E-state index contributed by atoms with van der Waals surface area (Å²) in [7, 11) is 0. The van der Waals surface area contributed by atoms with E-state index in [1.807, 2.05) is 12.2 Å². The number of allylic oxidation sites excluding steroid dienone is 4. The molecule has 7 aromatic carbocycles. The summed E-state index contributed by atoms with van der Waals surface area (Å²) in [5.41, 5.74) is 5.95. The van der Waals surface area contributed by atoms with Gasteiger partial charge in [-0.3, -0.25) is 6.08 Å². The first-order valence-corrected chi connectivity index (χ1v) is 18.7. The zero-order chi connectivity index (χ0) is 33.9. The molecule has 252 valence electrons. The van der Waals surface area contributed by atoms with Crippen molar-refractivity contribution in [3.63, 3.8) is 0 Å². The molecule has 0 atom stereocenters. The molecule has 0 spiro atoms. The van der Waals surface area contributed by atoms with Crippen LogP contribution in [0.2, 0.25) is 0 Å². The van der Waals surface area contributed by atoms with Crippen LogP contribution < -0.4 is 24.8 Å². The van der Waals surface area contributed by atoms with Gasteiger partial charge in [0.25, 0.3) is 0 Å². The van der Waals surface area contributed by atoms with Gasteiger partial charge in [-0.2, -0.15) is 6.08 Å². The molecular formula is C47H44Cl2Hf-2. The number of benzene rings is 6. The molecule has 0 bridgehead atoms. The minimum absolute atomic E-state index is 0. The van der Waals surface area contributed by atoms with Crippen molar-refractivity contribution in [3.8, 4) is 0 Å². The van der Waals surface area contributed by atoms with E-state index in [2.05, 4.69) is 181 Å². The molecule has 50 heavy (non-hydrogen) atoms. The Balaban J connectivity index is 0.000000190. The van der Waals surface area contributed by atoms with Crippen molar-refractivity contribution in [1.29, 1.82) is 0 Å². The molecule has 7 aromatic rings. The van der Waals surface area contributed by atoms with Crippen molar-refractivity contribution >= 4 is 46.3 Å². The Morgan fingerprint density at radius 3 is 1.38 bits per heavy atom. The Morgan fingerprint density at radius 2 is 1.00 bits per heavy atom. The summed E-state index contributed by atoms with van der Waals surface area (Å²) in [6, 6.07) is 46.7. The van der Waals surface area contributed by atoms with Crippen LogP contribution in [0.5, 0.6) is 0 Å². The monoisotopic (exact) mass is 858 g/mol. The zero-order valence-corrected chi connectivity index (χ0v) is 34.9. The molecule has 1 aliphatic carbocycles. The van der Waals surface area contributed by atoms with E-state index in [0.29, 0.717) is 0 Å². The van der Waals surface area contributed by atoms with E-state index in [1.54, 1.807) is 0 Å². The van der Waals surface area contributed by atoms with Gasteiger partial charge in [0.15, 0.2) is 0 Å². The summed E-state index contributed by atoms with van der Waals surface area (Å²) in [4.78, 5) is 0. The molecule has 0 aromatic heterocycles. The standard InChI is InChI=1S/C21H14.C21H25.C5H5.2ClH.Hf/c1-3-13-20-16(7-1)9-5-11-18(20)15-19-12-6-10-17-8-2-4-14-21(17)19;1-20(2,3)16-9-7-14-11-15-8-10-17(21(4,5)6)13-19(15)18(14)12-16;1-2-4-5-3-1;;;/h1-14H;7-13H,1-6H3;1-3H,4H2;2*1H;/q;2*-1;;;+2/p-2. The second-order valence-corrected chi connectivity index (χ2v) is 16.5. The third kappa shape index (κ3) is 8.86. The van der Waals surface area contributed by atoms with Crippen LogP contribution in [0.15, 0.2) is 146 Å². The SMILES string of the molecule is CC(C)(C)c1ccc2[cH-]c3ccc(C(C)(C)C)cc3c2c1.[C-]1=CC=CC1.[Cl-].[Cl-].[Hf+2]=[C](c1cccc2ccccc12)c1cccc2ccccc12. The van der Waals surface area contributed by atoms with Crippen LogP contribution in [-0.4, -0.2) is 3.26 Å². The molecular weight excluding hydrogens is 814 g/mol. The van der Waals surface area contributed by atoms with E-state index < -0.39 is 0 Å². The molecule has 0 unspecified atom stereocenters. The van der Waals surface area contributed by atoms with Gasteiger partial charge < -0.3 is 24.8 Å². The number of fused-ring (bicyclic) bond motifs is 5. The molecule has 8 rings (SSSR count). The average molecular weight is 858 g/mol. The average Bonchev–Trinajstić information content (AvgIpc) is 3.79. The third-order valence-corrected chi connectivity index (χ3v) is 11.1. The fraction of sp³-hybridized carbons (Fsp3) is 0.191. The molecule has 0 fully saturated rings. The van der Waals surface area contributed by atoms with Gasteiger partial charge in [-0.15, -0.1) is 46.2 Å². The maximum atomic E-state index is 2.99. The fourth-order valence-corrected chi connectivity index (χ4v) is 7.87. The number of hydrogen-bond acceptors (Lipinski definition) is 0. The molecule has 0 saturated carbocycles. The summed E-state index contributed by atoms with van der Waals surface area (Å²) in [5, 5.41) is 10.8. The van der Waals surface area contributed by atoms with Gasteiger partial charge in [0.2, 0.25) is 0 Å². The van der Waals surface area contributed by atoms with Gasteiger partial charge in [-0.05, 0) is 10.8 Å². The summed E-state index contributed by atoms with van der Waals surface area (Å²) < 4.78 is 1.47. The fourth-order valence-electron chi connectivity index (χ4n) is 6.30. The van der Waals surface area contributed by atoms with Crippen LogP contribution in [0.1, 0.15) is 70.2 Å². The summed E-state index contributed by atoms with van der Waals surface area (Å²) in [6.45, 7) is 13.7. The Hall–Kier alpha value is -3.49. The predicted molar refractivity (Wildman–Crippen MR) is 207 cm³/mol. The maximum absolute atomic E-state index is 2.99. The molecule has 1 aliphatic rings. The second kappa shape index (κ2) is 16.7. The topological polar surface area (TPSA) is 0 Å². The van der Waals surface area contributed by atoms with E-state index in [9.17, 15) is 0 Å². The van der Waals surface area contributed by atoms with Gasteiger partial charge in [-0.25, -0.2) is 12.2 Å². The Labute approximate surface area is 325 Å². The third-order valence-electron chi connectivity index (χ3n) is 9.14. The van der Waals surface area contributed by atoms with Crippen LogP contribution in [0.4, 0.5) is 0 Å². The second-order valence-electron chi connectivity index (χ2n) is 14.7. The normalized spacial score (nSPS) is 12.2. The zero-order valence-electron chi connectivity index (χ0n) is 29.8. The van der Waals surface area contributed by atoms with Gasteiger partial charge in [0.1, 0.15) is 0 Å². The quantitative estimate of drug-likeness (QED) is 0.134. The van der Waals surface area contributed by atoms with Crippen LogP contribution in [0, 0.1) is 6.08 Å². The van der Waals surface area contributed by atoms with E-state index in [0.717, 1.165) is 30.3 Å². The van der Waals surface area contributed by atoms with Crippen molar-refractivity contribution in [2.75, 3.05) is 0 Å². The first kappa shape index (κ1) is 39.3. The molecule has 0 nitrogen and oxygen atoms in total. The van der Waals surface area contributed by atoms with Crippen LogP contribution in [-0.2, 0) is 34.7 Å². The minimum atomic E-state index is 0. The Kier molecular flexibility index (Phi) is 13.1. The van der Waals surface area contributed by atoms with Crippen molar-refractivity contribution in [2.24, 2.45) is 0 Å². The van der Waals surface area contributed by atoms with Crippen molar-refractivity contribution in [3.05, 3.63) is 174 Å². The first-order chi connectivity index (χ1) is 23.0. The number of hydrogen-bond donors (Lipinski definition) is 0. The van der Waals surface area contributed by atoms with E-state index >= 15 is 0 Å². The predicted octanol–water partition coefficient (Wildman–Crippen LogP) is 6.73. The Bertz CT molecular complexity index is 2130. The number of rotatable bonds is 2. The first-order valence-electron chi connectivity index (χ1n) is 16.9. The molecule has 0 heterocycles. The summed E-state index contributed by atoms with van der Waals surface area (Å²) >= 11 is 1.02. The molecule has 3 heteroatoms. The van der Waals surface area contributed by atoms with E-state index in [1.165, 1.54) is 68.6 Å². The summed E-state index contributed by atoms with van der Waals surface area (Å²) in [5.74, 6) is 0. The van der Waals surface area contributed by atoms with Gasteiger partial charge in [0, 0.05) is 0 Å². The number of halogens is 2.